The van der Waals surface area contributed by atoms with Crippen LogP contribution in [0.5, 0.6) is 5.75 Å². The molecule has 4 rings (SSSR count). The molecule has 2 aliphatic heterocycles. The van der Waals surface area contributed by atoms with E-state index in [2.05, 4.69) is 5.32 Å². The van der Waals surface area contributed by atoms with Gasteiger partial charge in [-0.25, -0.2) is 18.4 Å². The number of carbonyl (C=O) groups excluding carboxylic acids is 3. The molecule has 0 unspecified atom stereocenters. The maximum absolute atomic E-state index is 15.4. The predicted molar refractivity (Wildman–Crippen MR) is 162 cm³/mol. The van der Waals surface area contributed by atoms with Crippen LogP contribution < -0.4 is 10.1 Å². The van der Waals surface area contributed by atoms with Crippen molar-refractivity contribution in [1.82, 2.24) is 15.1 Å². The van der Waals surface area contributed by atoms with Gasteiger partial charge >= 0.3 is 12.2 Å². The van der Waals surface area contributed by atoms with Crippen molar-refractivity contribution in [2.75, 3.05) is 26.2 Å². The highest BCUT2D eigenvalue weighted by Crippen LogP contribution is 2.27. The van der Waals surface area contributed by atoms with Crippen LogP contribution in [-0.4, -0.2) is 84.1 Å². The Bertz CT molecular complexity index is 1310. The minimum absolute atomic E-state index is 0.0260. The minimum Gasteiger partial charge on any atom is -0.490 e. The first-order valence-corrected chi connectivity index (χ1v) is 15.2. The molecule has 2 aromatic rings. The average molecular weight is 616 g/mol. The van der Waals surface area contributed by atoms with Crippen molar-refractivity contribution in [2.24, 2.45) is 0 Å². The van der Waals surface area contributed by atoms with Crippen LogP contribution in [0.4, 0.5) is 18.4 Å². The summed E-state index contributed by atoms with van der Waals surface area (Å²) in [6.45, 7) is 10.1. The molecule has 0 bridgehead atoms. The first kappa shape index (κ1) is 33.0. The highest BCUT2D eigenvalue weighted by molar-refractivity contribution is 5.86. The van der Waals surface area contributed by atoms with Crippen molar-refractivity contribution in [1.29, 1.82) is 0 Å². The third kappa shape index (κ3) is 9.30. The lowest BCUT2D eigenvalue weighted by Gasteiger charge is -2.32. The van der Waals surface area contributed by atoms with Crippen molar-refractivity contribution in [3.8, 4) is 16.9 Å². The molecule has 3 amide bonds. The van der Waals surface area contributed by atoms with E-state index in [4.69, 9.17) is 14.2 Å². The Balaban J connectivity index is 1.38. The fraction of sp³-hybridized carbons (Fsp3) is 0.545. The molecule has 9 nitrogen and oxygen atoms in total. The SMILES string of the molecule is CC(C)OC(=O)N1CCC(Oc2ccc(-c3ccc(C[C@H](NC(=O)OC(C)(C)C)C(=O)N4CC[C@H](F)C4)c(F)c3)cc2)CC1. The van der Waals surface area contributed by atoms with Crippen LogP contribution in [0, 0.1) is 5.82 Å². The zero-order valence-electron chi connectivity index (χ0n) is 26.1. The summed E-state index contributed by atoms with van der Waals surface area (Å²) >= 11 is 0. The largest absolute Gasteiger partial charge is 0.490 e. The van der Waals surface area contributed by atoms with Crippen LogP contribution in [0.15, 0.2) is 42.5 Å². The van der Waals surface area contributed by atoms with E-state index in [1.807, 2.05) is 38.1 Å². The number of likely N-dealkylation sites (tertiary alicyclic amines) is 2. The number of amides is 3. The zero-order valence-corrected chi connectivity index (χ0v) is 26.1. The second-order valence-electron chi connectivity index (χ2n) is 12.6. The molecule has 2 aromatic carbocycles. The Morgan fingerprint density at radius 1 is 0.955 bits per heavy atom. The number of nitrogens with one attached hydrogen (secondary N) is 1. The van der Waals surface area contributed by atoms with Crippen LogP contribution in [0.2, 0.25) is 0 Å². The smallest absolute Gasteiger partial charge is 0.410 e. The molecule has 11 heteroatoms. The molecule has 2 saturated heterocycles. The van der Waals surface area contributed by atoms with Gasteiger partial charge in [-0.15, -0.1) is 0 Å². The number of benzene rings is 2. The quantitative estimate of drug-likeness (QED) is 0.398. The normalized spacial score (nSPS) is 18.2. The molecule has 1 N–H and O–H groups in total. The number of hydrogen-bond acceptors (Lipinski definition) is 6. The molecule has 2 atom stereocenters. The van der Waals surface area contributed by atoms with Gasteiger partial charge in [-0.2, -0.15) is 0 Å². The van der Waals surface area contributed by atoms with Gasteiger partial charge in [-0.3, -0.25) is 4.79 Å². The number of alkyl carbamates (subject to hydrolysis) is 1. The van der Waals surface area contributed by atoms with Gasteiger partial charge in [0.05, 0.1) is 12.6 Å². The Morgan fingerprint density at radius 3 is 2.16 bits per heavy atom. The van der Waals surface area contributed by atoms with Crippen LogP contribution in [0.1, 0.15) is 59.4 Å². The van der Waals surface area contributed by atoms with E-state index in [-0.39, 0.29) is 49.8 Å². The van der Waals surface area contributed by atoms with E-state index in [1.54, 1.807) is 37.8 Å². The molecule has 0 spiro atoms. The Kier molecular flexibility index (Phi) is 10.7. The third-order valence-electron chi connectivity index (χ3n) is 7.44. The minimum atomic E-state index is -1.12. The van der Waals surface area contributed by atoms with Gasteiger partial charge in [0, 0.05) is 38.9 Å². The Morgan fingerprint density at radius 2 is 1.59 bits per heavy atom. The zero-order chi connectivity index (χ0) is 32.0. The van der Waals surface area contributed by atoms with E-state index >= 15 is 4.39 Å². The summed E-state index contributed by atoms with van der Waals surface area (Å²) in [6, 6.07) is 11.0. The third-order valence-corrected chi connectivity index (χ3v) is 7.44. The summed E-state index contributed by atoms with van der Waals surface area (Å²) in [5.74, 6) is -0.323. The number of rotatable bonds is 8. The highest BCUT2D eigenvalue weighted by Gasteiger charge is 2.33. The molecule has 0 saturated carbocycles. The van der Waals surface area contributed by atoms with Crippen molar-refractivity contribution in [3.63, 3.8) is 0 Å². The van der Waals surface area contributed by atoms with E-state index in [1.165, 1.54) is 11.0 Å². The maximum Gasteiger partial charge on any atom is 0.410 e. The van der Waals surface area contributed by atoms with Crippen molar-refractivity contribution in [2.45, 2.75) is 90.3 Å². The lowest BCUT2D eigenvalue weighted by atomic mass is 9.99. The highest BCUT2D eigenvalue weighted by atomic mass is 19.1. The van der Waals surface area contributed by atoms with E-state index in [0.29, 0.717) is 37.2 Å². The van der Waals surface area contributed by atoms with Crippen molar-refractivity contribution in [3.05, 3.63) is 53.8 Å². The number of alkyl halides is 1. The van der Waals surface area contributed by atoms with E-state index in [0.717, 1.165) is 5.56 Å². The van der Waals surface area contributed by atoms with Gasteiger partial charge < -0.3 is 29.3 Å². The number of halogens is 2. The monoisotopic (exact) mass is 615 g/mol. The van der Waals surface area contributed by atoms with E-state index in [9.17, 15) is 18.8 Å². The second-order valence-corrected chi connectivity index (χ2v) is 12.6. The Labute approximate surface area is 257 Å². The second kappa shape index (κ2) is 14.3. The molecule has 2 aliphatic rings. The fourth-order valence-corrected chi connectivity index (χ4v) is 5.25. The molecule has 2 heterocycles. The van der Waals surface area contributed by atoms with Gasteiger partial charge in [0.2, 0.25) is 5.91 Å². The van der Waals surface area contributed by atoms with E-state index < -0.39 is 35.6 Å². The van der Waals surface area contributed by atoms with Gasteiger partial charge in [-0.1, -0.05) is 24.3 Å². The number of nitrogens with zero attached hydrogens (tertiary/aromatic N) is 2. The molecule has 2 fully saturated rings. The molecule has 0 radical (unpaired) electrons. The van der Waals surface area contributed by atoms with Crippen molar-refractivity contribution >= 4 is 18.1 Å². The summed E-state index contributed by atoms with van der Waals surface area (Å²) in [7, 11) is 0. The lowest BCUT2D eigenvalue weighted by Crippen LogP contribution is -2.50. The summed E-state index contributed by atoms with van der Waals surface area (Å²) in [5, 5.41) is 2.56. The Hall–Kier alpha value is -3.89. The number of ether oxygens (including phenoxy) is 3. The molecular formula is C33H43F2N3O6. The summed E-state index contributed by atoms with van der Waals surface area (Å²) < 4.78 is 45.9. The topological polar surface area (TPSA) is 97.4 Å². The molecule has 240 valence electrons. The average Bonchev–Trinajstić information content (AvgIpc) is 3.39. The van der Waals surface area contributed by atoms with Crippen LogP contribution in [0.25, 0.3) is 11.1 Å². The number of hydrogen-bond donors (Lipinski definition) is 1. The number of piperidine rings is 1. The van der Waals surface area contributed by atoms with Crippen LogP contribution >= 0.6 is 0 Å². The molecule has 0 aliphatic carbocycles. The first-order chi connectivity index (χ1) is 20.8. The molecular weight excluding hydrogens is 572 g/mol. The first-order valence-electron chi connectivity index (χ1n) is 15.2. The standard InChI is InChI=1S/C33H43F2N3O6/c1-21(2)42-32(41)37-16-13-27(14-17-37)43-26-10-8-22(9-11-26)23-6-7-24(28(35)18-23)19-29(36-31(40)44-33(3,4)5)30(39)38-15-12-25(34)20-38/h6-11,18,21,25,27,29H,12-17,19-20H2,1-5H3,(H,36,40)/t25-,29-/m0/s1. The molecule has 0 aromatic heterocycles. The fourth-order valence-electron chi connectivity index (χ4n) is 5.25. The summed E-state index contributed by atoms with van der Waals surface area (Å²) in [4.78, 5) is 40.8. The maximum atomic E-state index is 15.4. The van der Waals surface area contributed by atoms with Gasteiger partial charge in [0.1, 0.15) is 35.5 Å². The van der Waals surface area contributed by atoms with Gasteiger partial charge in [0.15, 0.2) is 0 Å². The lowest BCUT2D eigenvalue weighted by molar-refractivity contribution is -0.132. The van der Waals surface area contributed by atoms with Crippen LogP contribution in [0.3, 0.4) is 0 Å². The predicted octanol–water partition coefficient (Wildman–Crippen LogP) is 5.89. The molecule has 44 heavy (non-hydrogen) atoms. The van der Waals surface area contributed by atoms with Crippen molar-refractivity contribution < 1.29 is 37.4 Å². The number of carbonyl (C=O) groups is 3. The summed E-state index contributed by atoms with van der Waals surface area (Å²) in [6.07, 6.45) is -0.906. The van der Waals surface area contributed by atoms with Gasteiger partial charge in [-0.05, 0) is 75.9 Å². The summed E-state index contributed by atoms with van der Waals surface area (Å²) in [5.41, 5.74) is 0.864. The van der Waals surface area contributed by atoms with Crippen LogP contribution in [-0.2, 0) is 20.7 Å². The van der Waals surface area contributed by atoms with Gasteiger partial charge in [0.25, 0.3) is 0 Å².